The molecule has 7 aromatic rings. The molecule has 2 aliphatic rings. The maximum atomic E-state index is 5.53. The first-order valence-corrected chi connectivity index (χ1v) is 18.3. The summed E-state index contributed by atoms with van der Waals surface area (Å²) in [6.07, 6.45) is 8.37. The molecule has 8 bridgehead atoms. The first-order valence-electron chi connectivity index (χ1n) is 18.3. The molecule has 1 radical (unpaired) electrons. The van der Waals surface area contributed by atoms with Gasteiger partial charge in [0.2, 0.25) is 0 Å². The van der Waals surface area contributed by atoms with Gasteiger partial charge in [0.25, 0.3) is 0 Å². The van der Waals surface area contributed by atoms with Crippen LogP contribution < -0.4 is 43.8 Å². The fourth-order valence-electron chi connectivity index (χ4n) is 7.45. The molecule has 0 atom stereocenters. The summed E-state index contributed by atoms with van der Waals surface area (Å²) in [7, 11) is 6.71. The van der Waals surface area contributed by atoms with Crippen molar-refractivity contribution in [1.82, 2.24) is 19.9 Å². The predicted octanol–water partition coefficient (Wildman–Crippen LogP) is 5.36. The Kier molecular flexibility index (Phi) is 13.0. The molecule has 5 heterocycles. The van der Waals surface area contributed by atoms with Crippen molar-refractivity contribution in [2.24, 2.45) is 0 Å². The molecule has 2 aliphatic heterocycles. The van der Waals surface area contributed by atoms with Crippen molar-refractivity contribution in [3.8, 4) is 67.5 Å². The Morgan fingerprint density at radius 1 is 0.322 bits per heavy atom. The smallest absolute Gasteiger partial charge is 1.00 e. The number of aromatic amines is 2. The zero-order valence-corrected chi connectivity index (χ0v) is 35.0. The van der Waals surface area contributed by atoms with Gasteiger partial charge >= 0.3 is 16.8 Å². The van der Waals surface area contributed by atoms with E-state index in [9.17, 15) is 0 Å². The molecule has 2 N–H and O–H groups in total. The van der Waals surface area contributed by atoms with E-state index in [0.717, 1.165) is 112 Å². The molecule has 0 unspecified atom stereocenters. The Morgan fingerprint density at radius 2 is 0.525 bits per heavy atom. The number of hydrogen-bond acceptors (Lipinski definition) is 6. The fraction of sp³-hybridized carbons (Fsp3) is 0.0833. The number of nitrogens with one attached hydrogen (secondary N) is 2. The molecular formula is C48H38Cl2CoN4O4. The van der Waals surface area contributed by atoms with Crippen molar-refractivity contribution in [1.29, 1.82) is 0 Å². The average Bonchev–Trinajstić information content (AvgIpc) is 4.10. The van der Waals surface area contributed by atoms with Gasteiger partial charge in [-0.1, -0.05) is 48.5 Å². The van der Waals surface area contributed by atoms with Crippen LogP contribution in [0.5, 0.6) is 23.0 Å². The Morgan fingerprint density at radius 3 is 0.712 bits per heavy atom. The van der Waals surface area contributed by atoms with Crippen LogP contribution in [-0.2, 0) is 16.8 Å². The zero-order valence-electron chi connectivity index (χ0n) is 32.5. The molecule has 59 heavy (non-hydrogen) atoms. The van der Waals surface area contributed by atoms with E-state index in [1.54, 1.807) is 28.4 Å². The van der Waals surface area contributed by atoms with Crippen LogP contribution in [0.1, 0.15) is 22.8 Å². The van der Waals surface area contributed by atoms with E-state index >= 15 is 0 Å². The largest absolute Gasteiger partial charge is 2.00 e. The second-order valence-corrected chi connectivity index (χ2v) is 13.4. The molecule has 11 heteroatoms. The van der Waals surface area contributed by atoms with Crippen molar-refractivity contribution in [3.05, 3.63) is 144 Å². The van der Waals surface area contributed by atoms with Crippen LogP contribution in [0.4, 0.5) is 0 Å². The summed E-state index contributed by atoms with van der Waals surface area (Å²) in [6.45, 7) is 0. The van der Waals surface area contributed by atoms with Crippen molar-refractivity contribution >= 4 is 46.4 Å². The van der Waals surface area contributed by atoms with Crippen LogP contribution in [0, 0.1) is 0 Å². The van der Waals surface area contributed by atoms with Gasteiger partial charge in [-0.05, 0) is 119 Å². The third-order valence-corrected chi connectivity index (χ3v) is 10.3. The first-order chi connectivity index (χ1) is 27.5. The van der Waals surface area contributed by atoms with E-state index in [4.69, 9.17) is 28.9 Å². The van der Waals surface area contributed by atoms with Crippen LogP contribution in [0.3, 0.4) is 0 Å². The van der Waals surface area contributed by atoms with Crippen molar-refractivity contribution in [3.63, 3.8) is 0 Å². The van der Waals surface area contributed by atoms with Gasteiger partial charge in [-0.3, -0.25) is 0 Å². The average molecular weight is 865 g/mol. The van der Waals surface area contributed by atoms with Gasteiger partial charge in [0, 0.05) is 44.3 Å². The molecule has 9 rings (SSSR count). The minimum atomic E-state index is 0. The number of methoxy groups -OCH3 is 4. The van der Waals surface area contributed by atoms with Crippen molar-refractivity contribution < 1.29 is 60.5 Å². The number of aromatic nitrogens is 4. The molecule has 0 saturated heterocycles. The van der Waals surface area contributed by atoms with E-state index in [2.05, 4.69) is 107 Å². The van der Waals surface area contributed by atoms with Gasteiger partial charge in [-0.15, -0.1) is 0 Å². The number of ether oxygens (including phenoxy) is 4. The van der Waals surface area contributed by atoms with Crippen LogP contribution in [-0.4, -0.2) is 48.4 Å². The quantitative estimate of drug-likeness (QED) is 0.214. The monoisotopic (exact) mass is 863 g/mol. The minimum absolute atomic E-state index is 0. The maximum absolute atomic E-state index is 5.53. The van der Waals surface area contributed by atoms with Gasteiger partial charge in [0.1, 0.15) is 23.0 Å². The predicted molar refractivity (Wildman–Crippen MR) is 227 cm³/mol. The summed E-state index contributed by atoms with van der Waals surface area (Å²) in [5.74, 6) is 3.12. The summed E-state index contributed by atoms with van der Waals surface area (Å²) in [6, 6.07) is 40.9. The van der Waals surface area contributed by atoms with E-state index in [-0.39, 0.29) is 41.6 Å². The third-order valence-electron chi connectivity index (χ3n) is 10.3. The molecule has 0 aliphatic carbocycles. The van der Waals surface area contributed by atoms with Crippen LogP contribution in [0.25, 0.3) is 90.9 Å². The summed E-state index contributed by atoms with van der Waals surface area (Å²) in [5, 5.41) is 0. The van der Waals surface area contributed by atoms with Crippen LogP contribution >= 0.6 is 0 Å². The Balaban J connectivity index is 0.00000195. The van der Waals surface area contributed by atoms with E-state index in [0.29, 0.717) is 0 Å². The second-order valence-electron chi connectivity index (χ2n) is 13.4. The van der Waals surface area contributed by atoms with E-state index in [1.807, 2.05) is 48.5 Å². The topological polar surface area (TPSA) is 94.3 Å². The molecular weight excluding hydrogens is 826 g/mol. The molecule has 0 amide bonds. The number of benzene rings is 4. The molecule has 0 spiro atoms. The number of nitrogens with zero attached hydrogens (tertiary/aromatic N) is 2. The fourth-order valence-corrected chi connectivity index (χ4v) is 7.45. The molecule has 0 saturated carbocycles. The standard InChI is InChI=1S/C48H38N4O4.2ClH.Co/c1-53-33-13-5-29(6-14-33)45-37-21-23-39(49-37)46(30-7-15-34(54-2)16-8-30)41-25-27-43(51-41)48(32-11-19-36(56-4)20-12-32)44-28-26-42(52-44)47(40-24-22-38(45)50-40)31-9-17-35(55-3)18-10-31;;;/h5-28,49,52H,1-4H3;2*1H;/q;;;+2/p-2. The maximum Gasteiger partial charge on any atom is 2.00 e. The van der Waals surface area contributed by atoms with Crippen LogP contribution in [0.2, 0.25) is 0 Å². The summed E-state index contributed by atoms with van der Waals surface area (Å²) in [4.78, 5) is 18.4. The number of H-pyrrole nitrogens is 2. The summed E-state index contributed by atoms with van der Waals surface area (Å²) in [5.41, 5.74) is 14.8. The molecule has 4 aromatic carbocycles. The van der Waals surface area contributed by atoms with Gasteiger partial charge in [0.05, 0.1) is 51.2 Å². The molecule has 3 aromatic heterocycles. The van der Waals surface area contributed by atoms with Gasteiger partial charge < -0.3 is 53.7 Å². The SMILES string of the molecule is COc1ccc(-c2c3nc(c(-c4ccc(OC)cc4)c4ccc([nH]4)c(-c4ccc(OC)cc4)c4nc(c(-c5ccc(OC)cc5)c5ccc2[nH]5)C=C4)C=C3)cc1.[Cl-].[Cl-].[Co+2]. The molecule has 297 valence electrons. The third kappa shape index (κ3) is 8.11. The normalized spacial score (nSPS) is 11.2. The van der Waals surface area contributed by atoms with E-state index < -0.39 is 0 Å². The first kappa shape index (κ1) is 42.4. The Bertz CT molecular complexity index is 2450. The van der Waals surface area contributed by atoms with Gasteiger partial charge in [-0.2, -0.15) is 0 Å². The molecule has 8 nitrogen and oxygen atoms in total. The number of rotatable bonds is 8. The number of fused-ring (bicyclic) bond motifs is 8. The van der Waals surface area contributed by atoms with Crippen molar-refractivity contribution in [2.75, 3.05) is 28.4 Å². The number of halogens is 2. The molecule has 0 fully saturated rings. The van der Waals surface area contributed by atoms with Crippen LogP contribution in [0.15, 0.2) is 121 Å². The number of hydrogen-bond donors (Lipinski definition) is 2. The van der Waals surface area contributed by atoms with E-state index in [1.165, 1.54) is 0 Å². The Hall–Kier alpha value is -6.23. The zero-order chi connectivity index (χ0) is 38.2. The second kappa shape index (κ2) is 18.1. The minimum Gasteiger partial charge on any atom is -1.00 e. The Labute approximate surface area is 365 Å². The summed E-state index contributed by atoms with van der Waals surface area (Å²) >= 11 is 0. The van der Waals surface area contributed by atoms with Gasteiger partial charge in [0.15, 0.2) is 0 Å². The summed E-state index contributed by atoms with van der Waals surface area (Å²) < 4.78 is 22.1. The van der Waals surface area contributed by atoms with Gasteiger partial charge in [-0.25, -0.2) is 9.97 Å². The van der Waals surface area contributed by atoms with Crippen molar-refractivity contribution in [2.45, 2.75) is 0 Å².